The van der Waals surface area contributed by atoms with Crippen molar-refractivity contribution in [3.63, 3.8) is 0 Å². The number of nitro groups is 1. The van der Waals surface area contributed by atoms with Crippen LogP contribution in [0.15, 0.2) is 54.7 Å². The summed E-state index contributed by atoms with van der Waals surface area (Å²) in [5.41, 5.74) is 4.05. The Balaban J connectivity index is 1.53. The molecule has 7 heteroatoms. The summed E-state index contributed by atoms with van der Waals surface area (Å²) >= 11 is 0. The van der Waals surface area contributed by atoms with Crippen LogP contribution in [-0.4, -0.2) is 27.2 Å². The summed E-state index contributed by atoms with van der Waals surface area (Å²) in [7, 11) is 0. The third-order valence-electron chi connectivity index (χ3n) is 4.59. The van der Waals surface area contributed by atoms with E-state index < -0.39 is 4.92 Å². The fraction of sp³-hybridized carbons (Fsp3) is 0.238. The molecule has 144 valence electrons. The lowest BCUT2D eigenvalue weighted by atomic mass is 10.1. The van der Waals surface area contributed by atoms with Crippen molar-refractivity contribution in [2.45, 2.75) is 26.7 Å². The maximum Gasteiger partial charge on any atom is 0.272 e. The van der Waals surface area contributed by atoms with Gasteiger partial charge in [0.25, 0.3) is 11.6 Å². The van der Waals surface area contributed by atoms with Crippen LogP contribution in [-0.2, 0) is 6.42 Å². The zero-order valence-corrected chi connectivity index (χ0v) is 15.9. The molecule has 1 amide bonds. The molecule has 3 rings (SSSR count). The first-order chi connectivity index (χ1) is 13.5. The average Bonchev–Trinajstić information content (AvgIpc) is 3.06. The van der Waals surface area contributed by atoms with Crippen LogP contribution in [0, 0.1) is 24.0 Å². The van der Waals surface area contributed by atoms with E-state index in [4.69, 9.17) is 0 Å². The Bertz CT molecular complexity index is 996. The third kappa shape index (κ3) is 4.43. The van der Waals surface area contributed by atoms with E-state index in [9.17, 15) is 14.9 Å². The van der Waals surface area contributed by atoms with E-state index in [0.717, 1.165) is 29.8 Å². The monoisotopic (exact) mass is 378 g/mol. The Morgan fingerprint density at radius 3 is 2.61 bits per heavy atom. The molecule has 2 aromatic carbocycles. The highest BCUT2D eigenvalue weighted by molar-refractivity contribution is 5.94. The molecule has 0 aliphatic rings. The average molecular weight is 378 g/mol. The summed E-state index contributed by atoms with van der Waals surface area (Å²) in [5.74, 6) is -0.227. The molecule has 3 aromatic rings. The van der Waals surface area contributed by atoms with E-state index in [1.807, 2.05) is 48.1 Å². The normalized spacial score (nSPS) is 10.6. The number of aromatic nitrogens is 2. The number of rotatable bonds is 7. The molecule has 0 fully saturated rings. The first-order valence-electron chi connectivity index (χ1n) is 9.09. The van der Waals surface area contributed by atoms with E-state index in [1.165, 1.54) is 12.1 Å². The van der Waals surface area contributed by atoms with Crippen molar-refractivity contribution in [3.05, 3.63) is 87.2 Å². The van der Waals surface area contributed by atoms with Crippen LogP contribution in [0.25, 0.3) is 5.69 Å². The number of benzene rings is 2. The van der Waals surface area contributed by atoms with Crippen molar-refractivity contribution >= 4 is 11.6 Å². The van der Waals surface area contributed by atoms with Crippen molar-refractivity contribution in [1.82, 2.24) is 15.1 Å². The molecule has 0 bridgehead atoms. The van der Waals surface area contributed by atoms with Crippen molar-refractivity contribution in [1.29, 1.82) is 0 Å². The van der Waals surface area contributed by atoms with Crippen LogP contribution in [0.3, 0.4) is 0 Å². The van der Waals surface area contributed by atoms with Crippen LogP contribution in [0.5, 0.6) is 0 Å². The van der Waals surface area contributed by atoms with Gasteiger partial charge in [-0.3, -0.25) is 14.9 Å². The number of nitro benzene ring substituents is 1. The number of aryl methyl sites for hydroxylation is 3. The molecule has 0 saturated carbocycles. The highest BCUT2D eigenvalue weighted by atomic mass is 16.6. The molecule has 0 aliphatic carbocycles. The smallest absolute Gasteiger partial charge is 0.272 e. The number of nitrogens with zero attached hydrogens (tertiary/aromatic N) is 3. The molecule has 1 aromatic heterocycles. The van der Waals surface area contributed by atoms with E-state index in [1.54, 1.807) is 13.0 Å². The maximum absolute atomic E-state index is 12.2. The SMILES string of the molecule is Cc1cc(C(=O)NCCCc2cn(-c3ccccc3)nc2C)ccc1[N+](=O)[O-]. The lowest BCUT2D eigenvalue weighted by molar-refractivity contribution is -0.385. The third-order valence-corrected chi connectivity index (χ3v) is 4.59. The molecule has 0 unspecified atom stereocenters. The molecule has 1 N–H and O–H groups in total. The van der Waals surface area contributed by atoms with Crippen LogP contribution in [0.4, 0.5) is 5.69 Å². The zero-order valence-electron chi connectivity index (χ0n) is 15.9. The quantitative estimate of drug-likeness (QED) is 0.385. The molecule has 0 spiro atoms. The van der Waals surface area contributed by atoms with Crippen molar-refractivity contribution < 1.29 is 9.72 Å². The molecule has 0 radical (unpaired) electrons. The molecule has 0 atom stereocenters. The number of nitrogens with one attached hydrogen (secondary N) is 1. The molecule has 0 saturated heterocycles. The first kappa shape index (κ1) is 19.3. The molecule has 28 heavy (non-hydrogen) atoms. The van der Waals surface area contributed by atoms with Crippen molar-refractivity contribution in [2.75, 3.05) is 6.54 Å². The van der Waals surface area contributed by atoms with Gasteiger partial charge in [-0.1, -0.05) is 18.2 Å². The summed E-state index contributed by atoms with van der Waals surface area (Å²) in [5, 5.41) is 18.3. The second kappa shape index (κ2) is 8.47. The summed E-state index contributed by atoms with van der Waals surface area (Å²) in [4.78, 5) is 22.7. The van der Waals surface area contributed by atoms with Gasteiger partial charge < -0.3 is 5.32 Å². The van der Waals surface area contributed by atoms with Gasteiger partial charge in [-0.05, 0) is 56.5 Å². The lowest BCUT2D eigenvalue weighted by Gasteiger charge is -2.06. The van der Waals surface area contributed by atoms with Gasteiger partial charge in [-0.25, -0.2) is 4.68 Å². The predicted molar refractivity (Wildman–Crippen MR) is 107 cm³/mol. The second-order valence-corrected chi connectivity index (χ2v) is 6.64. The zero-order chi connectivity index (χ0) is 20.1. The fourth-order valence-corrected chi connectivity index (χ4v) is 3.04. The van der Waals surface area contributed by atoms with Gasteiger partial charge >= 0.3 is 0 Å². The Morgan fingerprint density at radius 2 is 1.93 bits per heavy atom. The Morgan fingerprint density at radius 1 is 1.18 bits per heavy atom. The molecule has 7 nitrogen and oxygen atoms in total. The topological polar surface area (TPSA) is 90.1 Å². The van der Waals surface area contributed by atoms with Crippen LogP contribution in [0.1, 0.15) is 33.6 Å². The Labute approximate surface area is 163 Å². The van der Waals surface area contributed by atoms with Gasteiger partial charge in [0.1, 0.15) is 0 Å². The van der Waals surface area contributed by atoms with Gasteiger partial charge in [-0.15, -0.1) is 0 Å². The highest BCUT2D eigenvalue weighted by Crippen LogP contribution is 2.18. The minimum Gasteiger partial charge on any atom is -0.352 e. The maximum atomic E-state index is 12.2. The summed E-state index contributed by atoms with van der Waals surface area (Å²) in [6.45, 7) is 4.12. The Hall–Kier alpha value is -3.48. The number of carbonyl (C=O) groups is 1. The van der Waals surface area contributed by atoms with Gasteiger partial charge in [0, 0.05) is 29.9 Å². The van der Waals surface area contributed by atoms with Gasteiger partial charge in [0.05, 0.1) is 16.3 Å². The fourth-order valence-electron chi connectivity index (χ4n) is 3.04. The van der Waals surface area contributed by atoms with E-state index in [0.29, 0.717) is 17.7 Å². The lowest BCUT2D eigenvalue weighted by Crippen LogP contribution is -2.24. The Kier molecular flexibility index (Phi) is 5.84. The van der Waals surface area contributed by atoms with E-state index in [2.05, 4.69) is 10.4 Å². The number of hydrogen-bond acceptors (Lipinski definition) is 4. The minimum absolute atomic E-state index is 0.0162. The number of hydrogen-bond donors (Lipinski definition) is 1. The molecular weight excluding hydrogens is 356 g/mol. The number of para-hydroxylation sites is 1. The molecular formula is C21H22N4O3. The summed E-state index contributed by atoms with van der Waals surface area (Å²) in [6, 6.07) is 14.3. The number of carbonyl (C=O) groups excluding carboxylic acids is 1. The van der Waals surface area contributed by atoms with E-state index >= 15 is 0 Å². The highest BCUT2D eigenvalue weighted by Gasteiger charge is 2.13. The van der Waals surface area contributed by atoms with Crippen molar-refractivity contribution in [2.24, 2.45) is 0 Å². The predicted octanol–water partition coefficient (Wildman–Crippen LogP) is 3.76. The van der Waals surface area contributed by atoms with Crippen LogP contribution in [0.2, 0.25) is 0 Å². The summed E-state index contributed by atoms with van der Waals surface area (Å²) < 4.78 is 1.86. The summed E-state index contributed by atoms with van der Waals surface area (Å²) in [6.07, 6.45) is 3.60. The van der Waals surface area contributed by atoms with Crippen LogP contribution >= 0.6 is 0 Å². The number of amides is 1. The van der Waals surface area contributed by atoms with Gasteiger partial charge in [0.15, 0.2) is 0 Å². The first-order valence-corrected chi connectivity index (χ1v) is 9.09. The van der Waals surface area contributed by atoms with Gasteiger partial charge in [-0.2, -0.15) is 5.10 Å². The standard InChI is InChI=1S/C21H22N4O3/c1-15-13-17(10-11-20(15)25(27)28)21(26)22-12-6-7-18-14-24(23-16(18)2)19-8-4-3-5-9-19/h3-5,8-11,13-14H,6-7,12H2,1-2H3,(H,22,26). The second-order valence-electron chi connectivity index (χ2n) is 6.64. The van der Waals surface area contributed by atoms with E-state index in [-0.39, 0.29) is 11.6 Å². The largest absolute Gasteiger partial charge is 0.352 e. The van der Waals surface area contributed by atoms with Gasteiger partial charge in [0.2, 0.25) is 0 Å². The van der Waals surface area contributed by atoms with Crippen molar-refractivity contribution in [3.8, 4) is 5.69 Å². The minimum atomic E-state index is -0.449. The molecule has 0 aliphatic heterocycles. The molecule has 1 heterocycles. The van der Waals surface area contributed by atoms with Crippen LogP contribution < -0.4 is 5.32 Å².